The molecule has 1 aliphatic rings. The predicted octanol–water partition coefficient (Wildman–Crippen LogP) is 2.85. The summed E-state index contributed by atoms with van der Waals surface area (Å²) >= 11 is 0. The number of hydrogen-bond acceptors (Lipinski definition) is 4. The van der Waals surface area contributed by atoms with E-state index in [1.54, 1.807) is 19.2 Å². The van der Waals surface area contributed by atoms with E-state index in [1.165, 1.54) is 4.31 Å². The maximum atomic E-state index is 12.8. The first kappa shape index (κ1) is 15.8. The van der Waals surface area contributed by atoms with E-state index in [0.717, 1.165) is 16.7 Å². The SMILES string of the molecule is Cc1ccc(S(=O)(=O)N(C)Cc2ccc3c(c2)OCO3)c(C)c1. The van der Waals surface area contributed by atoms with Gasteiger partial charge < -0.3 is 9.47 Å². The van der Waals surface area contributed by atoms with Gasteiger partial charge in [-0.25, -0.2) is 8.42 Å². The minimum atomic E-state index is -3.54. The van der Waals surface area contributed by atoms with Crippen LogP contribution in [0.3, 0.4) is 0 Å². The molecule has 0 amide bonds. The van der Waals surface area contributed by atoms with Crippen LogP contribution in [0.25, 0.3) is 0 Å². The molecule has 0 fully saturated rings. The van der Waals surface area contributed by atoms with Gasteiger partial charge in [-0.1, -0.05) is 23.8 Å². The molecule has 23 heavy (non-hydrogen) atoms. The maximum Gasteiger partial charge on any atom is 0.243 e. The quantitative estimate of drug-likeness (QED) is 0.863. The highest BCUT2D eigenvalue weighted by Gasteiger charge is 2.23. The number of aryl methyl sites for hydroxylation is 2. The summed E-state index contributed by atoms with van der Waals surface area (Å²) in [6.45, 7) is 4.23. The summed E-state index contributed by atoms with van der Waals surface area (Å²) < 4.78 is 37.5. The van der Waals surface area contributed by atoms with Gasteiger partial charge in [-0.3, -0.25) is 0 Å². The van der Waals surface area contributed by atoms with Crippen LogP contribution < -0.4 is 9.47 Å². The van der Waals surface area contributed by atoms with Gasteiger partial charge in [0.1, 0.15) is 0 Å². The fourth-order valence-corrected chi connectivity index (χ4v) is 4.00. The fraction of sp³-hybridized carbons (Fsp3) is 0.294. The molecule has 0 radical (unpaired) electrons. The first-order chi connectivity index (χ1) is 10.9. The van der Waals surface area contributed by atoms with Crippen molar-refractivity contribution in [2.24, 2.45) is 0 Å². The van der Waals surface area contributed by atoms with E-state index in [2.05, 4.69) is 0 Å². The van der Waals surface area contributed by atoms with Crippen molar-refractivity contribution >= 4 is 10.0 Å². The van der Waals surface area contributed by atoms with Gasteiger partial charge in [-0.15, -0.1) is 0 Å². The normalized spacial score (nSPS) is 13.6. The van der Waals surface area contributed by atoms with Gasteiger partial charge in [0, 0.05) is 13.6 Å². The average Bonchev–Trinajstić information content (AvgIpc) is 2.94. The van der Waals surface area contributed by atoms with Gasteiger partial charge in [-0.2, -0.15) is 4.31 Å². The lowest BCUT2D eigenvalue weighted by Gasteiger charge is -2.19. The van der Waals surface area contributed by atoms with Gasteiger partial charge in [-0.05, 0) is 43.2 Å². The first-order valence-corrected chi connectivity index (χ1v) is 8.74. The second-order valence-electron chi connectivity index (χ2n) is 5.72. The Morgan fingerprint density at radius 1 is 1.04 bits per heavy atom. The molecule has 5 nitrogen and oxygen atoms in total. The highest BCUT2D eigenvalue weighted by molar-refractivity contribution is 7.89. The third-order valence-corrected chi connectivity index (χ3v) is 5.82. The zero-order valence-corrected chi connectivity index (χ0v) is 14.2. The van der Waals surface area contributed by atoms with E-state index in [1.807, 2.05) is 38.1 Å². The van der Waals surface area contributed by atoms with Gasteiger partial charge in [0.05, 0.1) is 4.90 Å². The number of fused-ring (bicyclic) bond motifs is 1. The lowest BCUT2D eigenvalue weighted by Crippen LogP contribution is -2.27. The Bertz CT molecular complexity index is 846. The fourth-order valence-electron chi connectivity index (χ4n) is 2.64. The van der Waals surface area contributed by atoms with Gasteiger partial charge in [0.15, 0.2) is 11.5 Å². The Morgan fingerprint density at radius 2 is 1.78 bits per heavy atom. The molecule has 0 saturated carbocycles. The summed E-state index contributed by atoms with van der Waals surface area (Å²) in [6, 6.07) is 10.8. The van der Waals surface area contributed by atoms with Crippen LogP contribution in [0.2, 0.25) is 0 Å². The topological polar surface area (TPSA) is 55.8 Å². The van der Waals surface area contributed by atoms with Crippen LogP contribution in [0, 0.1) is 13.8 Å². The molecule has 0 saturated heterocycles. The minimum Gasteiger partial charge on any atom is -0.454 e. The third kappa shape index (κ3) is 3.04. The number of ether oxygens (including phenoxy) is 2. The van der Waals surface area contributed by atoms with Crippen molar-refractivity contribution in [3.05, 3.63) is 53.1 Å². The summed E-state index contributed by atoms with van der Waals surface area (Å²) in [5.74, 6) is 1.34. The zero-order chi connectivity index (χ0) is 16.6. The standard InChI is InChI=1S/C17H19NO4S/c1-12-4-7-17(13(2)8-12)23(19,20)18(3)10-14-5-6-15-16(9-14)22-11-21-15/h4-9H,10-11H2,1-3H3. The molecule has 0 bridgehead atoms. The van der Waals surface area contributed by atoms with E-state index in [-0.39, 0.29) is 13.3 Å². The molecule has 3 rings (SSSR count). The van der Waals surface area contributed by atoms with E-state index >= 15 is 0 Å². The van der Waals surface area contributed by atoms with Crippen molar-refractivity contribution in [3.63, 3.8) is 0 Å². The van der Waals surface area contributed by atoms with Crippen LogP contribution in [0.4, 0.5) is 0 Å². The summed E-state index contributed by atoms with van der Waals surface area (Å²) in [6.07, 6.45) is 0. The molecule has 0 N–H and O–H groups in total. The molecule has 1 heterocycles. The first-order valence-electron chi connectivity index (χ1n) is 7.30. The number of benzene rings is 2. The molecule has 2 aromatic rings. The summed E-state index contributed by atoms with van der Waals surface area (Å²) in [5, 5.41) is 0. The second-order valence-corrected chi connectivity index (χ2v) is 7.73. The van der Waals surface area contributed by atoms with E-state index in [0.29, 0.717) is 16.4 Å². The molecule has 0 aromatic heterocycles. The average molecular weight is 333 g/mol. The molecule has 0 atom stereocenters. The van der Waals surface area contributed by atoms with Crippen LogP contribution in [0.5, 0.6) is 11.5 Å². The van der Waals surface area contributed by atoms with Crippen molar-refractivity contribution in [1.82, 2.24) is 4.31 Å². The zero-order valence-electron chi connectivity index (χ0n) is 13.4. The molecule has 1 aliphatic heterocycles. The molecule has 0 spiro atoms. The lowest BCUT2D eigenvalue weighted by atomic mass is 10.2. The Hall–Kier alpha value is -2.05. The number of sulfonamides is 1. The Morgan fingerprint density at radius 3 is 2.52 bits per heavy atom. The molecular formula is C17H19NO4S. The Kier molecular flexibility index (Phi) is 4.04. The largest absolute Gasteiger partial charge is 0.454 e. The molecule has 122 valence electrons. The van der Waals surface area contributed by atoms with Crippen LogP contribution in [-0.2, 0) is 16.6 Å². The highest BCUT2D eigenvalue weighted by Crippen LogP contribution is 2.33. The van der Waals surface area contributed by atoms with Crippen molar-refractivity contribution in [3.8, 4) is 11.5 Å². The molecule has 2 aromatic carbocycles. The molecule has 0 aliphatic carbocycles. The van der Waals surface area contributed by atoms with Gasteiger partial charge >= 0.3 is 0 Å². The van der Waals surface area contributed by atoms with Crippen molar-refractivity contribution in [1.29, 1.82) is 0 Å². The van der Waals surface area contributed by atoms with Gasteiger partial charge in [0.2, 0.25) is 16.8 Å². The minimum absolute atomic E-state index is 0.204. The third-order valence-electron chi connectivity index (χ3n) is 3.86. The van der Waals surface area contributed by atoms with Crippen molar-refractivity contribution < 1.29 is 17.9 Å². The Balaban J connectivity index is 1.85. The maximum absolute atomic E-state index is 12.8. The highest BCUT2D eigenvalue weighted by atomic mass is 32.2. The second kappa shape index (κ2) is 5.86. The van der Waals surface area contributed by atoms with Gasteiger partial charge in [0.25, 0.3) is 0 Å². The molecule has 0 unspecified atom stereocenters. The molecular weight excluding hydrogens is 314 g/mol. The monoisotopic (exact) mass is 333 g/mol. The summed E-state index contributed by atoms with van der Waals surface area (Å²) in [5.41, 5.74) is 2.65. The van der Waals surface area contributed by atoms with Crippen molar-refractivity contribution in [2.75, 3.05) is 13.8 Å². The van der Waals surface area contributed by atoms with Crippen LogP contribution in [0.1, 0.15) is 16.7 Å². The van der Waals surface area contributed by atoms with Crippen LogP contribution >= 0.6 is 0 Å². The van der Waals surface area contributed by atoms with Crippen molar-refractivity contribution in [2.45, 2.75) is 25.3 Å². The number of nitrogens with zero attached hydrogens (tertiary/aromatic N) is 1. The van der Waals surface area contributed by atoms with Crippen LogP contribution in [-0.4, -0.2) is 26.6 Å². The predicted molar refractivity (Wildman–Crippen MR) is 87.1 cm³/mol. The Labute approximate surface area is 136 Å². The van der Waals surface area contributed by atoms with E-state index in [4.69, 9.17) is 9.47 Å². The van der Waals surface area contributed by atoms with E-state index in [9.17, 15) is 8.42 Å². The number of rotatable bonds is 4. The summed E-state index contributed by atoms with van der Waals surface area (Å²) in [4.78, 5) is 0.339. The van der Waals surface area contributed by atoms with E-state index < -0.39 is 10.0 Å². The lowest BCUT2D eigenvalue weighted by molar-refractivity contribution is 0.174. The summed E-state index contributed by atoms with van der Waals surface area (Å²) in [7, 11) is -1.95. The smallest absolute Gasteiger partial charge is 0.243 e. The number of hydrogen-bond donors (Lipinski definition) is 0. The van der Waals surface area contributed by atoms with Crippen LogP contribution in [0.15, 0.2) is 41.3 Å². The molecule has 6 heteroatoms.